The summed E-state index contributed by atoms with van der Waals surface area (Å²) in [6, 6.07) is 20.9. The number of carbonyl (C=O) groups is 3. The fraction of sp³-hybridized carbons (Fsp3) is 0.378. The summed E-state index contributed by atoms with van der Waals surface area (Å²) < 4.78 is 17.3. The van der Waals surface area contributed by atoms with Gasteiger partial charge in [-0.3, -0.25) is 4.79 Å². The van der Waals surface area contributed by atoms with Crippen LogP contribution in [0, 0.1) is 0 Å². The van der Waals surface area contributed by atoms with Gasteiger partial charge in [-0.25, -0.2) is 9.59 Å². The maximum atomic E-state index is 13.2. The van der Waals surface area contributed by atoms with E-state index in [1.165, 1.54) is 11.0 Å². The molecule has 0 heterocycles. The van der Waals surface area contributed by atoms with Crippen molar-refractivity contribution in [1.82, 2.24) is 10.2 Å². The largest absolute Gasteiger partial charge is 0.449 e. The average molecular weight is 658 g/mol. The number of hydrogen-bond donors (Lipinski definition) is 2. The highest BCUT2D eigenvalue weighted by molar-refractivity contribution is 6.74. The molecule has 10 heteroatoms. The lowest BCUT2D eigenvalue weighted by Gasteiger charge is -2.36. The number of ether oxygens (including phenoxy) is 2. The Morgan fingerprint density at radius 2 is 1.57 bits per heavy atom. The van der Waals surface area contributed by atoms with Crippen LogP contribution in [0.15, 0.2) is 79.4 Å². The third-order valence-electron chi connectivity index (χ3n) is 8.98. The molecule has 0 spiro atoms. The number of fused-ring (bicyclic) bond motifs is 3. The van der Waals surface area contributed by atoms with Crippen molar-refractivity contribution in [3.05, 3.63) is 102 Å². The molecule has 1 aliphatic rings. The average Bonchev–Trinajstić information content (AvgIpc) is 3.35. The second-order valence-corrected chi connectivity index (χ2v) is 18.2. The minimum Gasteiger partial charge on any atom is -0.449 e. The van der Waals surface area contributed by atoms with E-state index in [1.807, 2.05) is 36.4 Å². The van der Waals surface area contributed by atoms with Crippen molar-refractivity contribution in [3.63, 3.8) is 0 Å². The molecule has 0 radical (unpaired) electrons. The molecule has 0 aromatic heterocycles. The monoisotopic (exact) mass is 657 g/mol. The van der Waals surface area contributed by atoms with Gasteiger partial charge in [-0.15, -0.1) is 0 Å². The first kappa shape index (κ1) is 35.4. The van der Waals surface area contributed by atoms with Gasteiger partial charge in [-0.1, -0.05) is 88.0 Å². The molecule has 9 nitrogen and oxygen atoms in total. The lowest BCUT2D eigenvalue weighted by molar-refractivity contribution is -0.117. The Balaban J connectivity index is 1.40. The summed E-state index contributed by atoms with van der Waals surface area (Å²) in [6.07, 6.45) is 0.350. The summed E-state index contributed by atoms with van der Waals surface area (Å²) in [7, 11) is -0.401. The number of hydrogen-bond acceptors (Lipinski definition) is 6. The summed E-state index contributed by atoms with van der Waals surface area (Å²) in [4.78, 5) is 39.9. The van der Waals surface area contributed by atoms with Gasteiger partial charge < -0.3 is 29.4 Å². The Morgan fingerprint density at radius 1 is 0.957 bits per heavy atom. The van der Waals surface area contributed by atoms with Gasteiger partial charge in [0.2, 0.25) is 5.91 Å². The highest BCUT2D eigenvalue weighted by Crippen LogP contribution is 2.44. The zero-order valence-electron chi connectivity index (χ0n) is 28.5. The third-order valence-corrected chi connectivity index (χ3v) is 13.5. The molecule has 1 atom stereocenters. The van der Waals surface area contributed by atoms with E-state index in [0.29, 0.717) is 12.3 Å². The molecule has 0 fully saturated rings. The molecule has 250 valence electrons. The van der Waals surface area contributed by atoms with E-state index >= 15 is 0 Å². The Bertz CT molecular complexity index is 1570. The minimum atomic E-state index is -2.05. The second-order valence-electron chi connectivity index (χ2n) is 13.4. The van der Waals surface area contributed by atoms with Gasteiger partial charge in [-0.05, 0) is 70.6 Å². The van der Waals surface area contributed by atoms with Crippen molar-refractivity contribution in [2.24, 2.45) is 0 Å². The van der Waals surface area contributed by atoms with E-state index in [-0.39, 0.29) is 30.7 Å². The van der Waals surface area contributed by atoms with Gasteiger partial charge >= 0.3 is 12.2 Å². The number of carbonyl (C=O) groups excluding carboxylic acids is 3. The van der Waals surface area contributed by atoms with Crippen molar-refractivity contribution < 1.29 is 28.3 Å². The molecule has 1 aliphatic carbocycles. The molecule has 47 heavy (non-hydrogen) atoms. The molecule has 4 rings (SSSR count). The normalized spacial score (nSPS) is 13.2. The molecule has 0 saturated carbocycles. The molecule has 0 bridgehead atoms. The first-order valence-corrected chi connectivity index (χ1v) is 18.8. The number of anilines is 1. The van der Waals surface area contributed by atoms with Crippen molar-refractivity contribution in [3.8, 4) is 11.1 Å². The zero-order chi connectivity index (χ0) is 34.4. The van der Waals surface area contributed by atoms with Crippen LogP contribution < -0.4 is 10.6 Å². The molecular formula is C37H47N3O6Si. The van der Waals surface area contributed by atoms with Crippen LogP contribution in [0.25, 0.3) is 11.1 Å². The van der Waals surface area contributed by atoms with Gasteiger partial charge in [0.25, 0.3) is 0 Å². The Hall–Kier alpha value is -4.41. The van der Waals surface area contributed by atoms with E-state index in [4.69, 9.17) is 13.9 Å². The summed E-state index contributed by atoms with van der Waals surface area (Å²) in [6.45, 7) is 17.0. The number of nitrogens with one attached hydrogen (secondary N) is 2. The number of rotatable bonds is 12. The third kappa shape index (κ3) is 8.69. The summed E-state index contributed by atoms with van der Waals surface area (Å²) >= 11 is 0. The fourth-order valence-electron chi connectivity index (χ4n) is 5.16. The quantitative estimate of drug-likeness (QED) is 0.152. The molecule has 3 amide bonds. The van der Waals surface area contributed by atoms with E-state index in [2.05, 4.69) is 75.3 Å². The lowest BCUT2D eigenvalue weighted by atomic mass is 9.98. The van der Waals surface area contributed by atoms with Crippen LogP contribution in [-0.2, 0) is 31.8 Å². The van der Waals surface area contributed by atoms with Gasteiger partial charge in [0.05, 0.1) is 6.61 Å². The minimum absolute atomic E-state index is 0.0305. The van der Waals surface area contributed by atoms with Crippen LogP contribution in [-0.4, -0.2) is 57.6 Å². The van der Waals surface area contributed by atoms with Crippen LogP contribution in [0.1, 0.15) is 55.9 Å². The molecule has 0 saturated heterocycles. The Morgan fingerprint density at radius 3 is 2.17 bits per heavy atom. The highest BCUT2D eigenvalue weighted by atomic mass is 28.4. The summed E-state index contributed by atoms with van der Waals surface area (Å²) in [5.41, 5.74) is 6.73. The van der Waals surface area contributed by atoms with Crippen molar-refractivity contribution >= 4 is 32.1 Å². The Kier molecular flexibility index (Phi) is 11.3. The zero-order valence-corrected chi connectivity index (χ0v) is 29.5. The number of amides is 3. The second kappa shape index (κ2) is 15.0. The predicted molar refractivity (Wildman–Crippen MR) is 188 cm³/mol. The molecular weight excluding hydrogens is 611 g/mol. The molecule has 0 unspecified atom stereocenters. The van der Waals surface area contributed by atoms with Crippen LogP contribution in [0.5, 0.6) is 0 Å². The van der Waals surface area contributed by atoms with Crippen LogP contribution in [0.4, 0.5) is 15.3 Å². The first-order valence-electron chi connectivity index (χ1n) is 15.9. The first-order chi connectivity index (χ1) is 22.2. The molecule has 3 aromatic carbocycles. The molecule has 0 aliphatic heterocycles. The smallest absolute Gasteiger partial charge is 0.410 e. The SMILES string of the molecule is C=CCOC(=O)N(C)Cc1cc(NC(=O)[C@H](C)NC(=O)OCC2c3ccccc3-c3ccccc32)ccc1CO[Si](C)(C)C(C)(C)C. The maximum absolute atomic E-state index is 13.2. The topological polar surface area (TPSA) is 106 Å². The fourth-order valence-corrected chi connectivity index (χ4v) is 6.11. The maximum Gasteiger partial charge on any atom is 0.410 e. The van der Waals surface area contributed by atoms with Crippen LogP contribution >= 0.6 is 0 Å². The number of benzene rings is 3. The summed E-state index contributed by atoms with van der Waals surface area (Å²) in [5.74, 6) is -0.490. The van der Waals surface area contributed by atoms with E-state index in [9.17, 15) is 14.4 Å². The number of alkyl carbamates (subject to hydrolysis) is 1. The predicted octanol–water partition coefficient (Wildman–Crippen LogP) is 7.83. The van der Waals surface area contributed by atoms with E-state index in [1.54, 1.807) is 20.0 Å². The van der Waals surface area contributed by atoms with Crippen molar-refractivity contribution in [1.29, 1.82) is 0 Å². The van der Waals surface area contributed by atoms with Gasteiger partial charge in [-0.2, -0.15) is 0 Å². The van der Waals surface area contributed by atoms with Crippen LogP contribution in [0.3, 0.4) is 0 Å². The van der Waals surface area contributed by atoms with Crippen molar-refractivity contribution in [2.75, 3.05) is 25.6 Å². The highest BCUT2D eigenvalue weighted by Gasteiger charge is 2.37. The van der Waals surface area contributed by atoms with E-state index in [0.717, 1.165) is 33.4 Å². The molecule has 3 aromatic rings. The molecule has 2 N–H and O–H groups in total. The van der Waals surface area contributed by atoms with Gasteiger partial charge in [0.15, 0.2) is 8.32 Å². The van der Waals surface area contributed by atoms with Gasteiger partial charge in [0.1, 0.15) is 19.3 Å². The lowest BCUT2D eigenvalue weighted by Crippen LogP contribution is -2.42. The van der Waals surface area contributed by atoms with Crippen molar-refractivity contribution in [2.45, 2.75) is 70.9 Å². The van der Waals surface area contributed by atoms with Crippen LogP contribution in [0.2, 0.25) is 18.1 Å². The summed E-state index contributed by atoms with van der Waals surface area (Å²) in [5, 5.41) is 5.56. The van der Waals surface area contributed by atoms with E-state index < -0.39 is 32.5 Å². The Labute approximate surface area is 279 Å². The van der Waals surface area contributed by atoms with Gasteiger partial charge in [0, 0.05) is 25.2 Å². The standard InChI is InChI=1S/C37H47N3O6Si/c1-9-20-44-36(43)40(6)22-27-21-28(19-18-26(27)23-46-47(7,8)37(3,4)5)39-34(41)25(2)38-35(42)45-24-33-31-16-12-10-14-29(31)30-15-11-13-17-32(30)33/h9-19,21,25,33H,1,20,22-24H2,2-8H3,(H,38,42)(H,39,41)/t25-/m0/s1. The number of nitrogens with zero attached hydrogens (tertiary/aromatic N) is 1.